The number of hydrogen-bond donors (Lipinski definition) is 2. The number of hydrogen-bond acceptors (Lipinski definition) is 2. The van der Waals surface area contributed by atoms with Crippen LogP contribution in [0.25, 0.3) is 0 Å². The summed E-state index contributed by atoms with van der Waals surface area (Å²) in [5.41, 5.74) is 5.52. The van der Waals surface area contributed by atoms with E-state index < -0.39 is 0 Å². The summed E-state index contributed by atoms with van der Waals surface area (Å²) in [4.78, 5) is 11.6. The second kappa shape index (κ2) is 10.6. The fraction of sp³-hybridized carbons (Fsp3) is 0.929. The molecule has 0 aliphatic heterocycles. The van der Waals surface area contributed by atoms with Crippen molar-refractivity contribution in [3.8, 4) is 0 Å². The van der Waals surface area contributed by atoms with Crippen molar-refractivity contribution in [2.75, 3.05) is 13.1 Å². The van der Waals surface area contributed by atoms with Crippen LogP contribution >= 0.6 is 0 Å². The van der Waals surface area contributed by atoms with Crippen molar-refractivity contribution in [2.45, 2.75) is 59.3 Å². The van der Waals surface area contributed by atoms with Crippen LogP contribution in [0.2, 0.25) is 0 Å². The molecule has 17 heavy (non-hydrogen) atoms. The van der Waals surface area contributed by atoms with Gasteiger partial charge < -0.3 is 11.1 Å². The predicted octanol–water partition coefficient (Wildman–Crippen LogP) is 2.69. The van der Waals surface area contributed by atoms with Crippen molar-refractivity contribution in [1.82, 2.24) is 5.32 Å². The summed E-state index contributed by atoms with van der Waals surface area (Å²) in [5.74, 6) is 0.928. The average molecular weight is 242 g/mol. The number of amides is 1. The van der Waals surface area contributed by atoms with E-state index in [-0.39, 0.29) is 11.8 Å². The van der Waals surface area contributed by atoms with E-state index >= 15 is 0 Å². The first kappa shape index (κ1) is 16.4. The second-order valence-corrected chi connectivity index (χ2v) is 5.23. The highest BCUT2D eigenvalue weighted by atomic mass is 16.1. The van der Waals surface area contributed by atoms with E-state index in [0.29, 0.717) is 6.54 Å². The molecule has 0 saturated carbocycles. The minimum Gasteiger partial charge on any atom is -0.356 e. The van der Waals surface area contributed by atoms with Gasteiger partial charge in [-0.1, -0.05) is 46.5 Å². The summed E-state index contributed by atoms with van der Waals surface area (Å²) in [6, 6.07) is 0. The average Bonchev–Trinajstić information content (AvgIpc) is 2.29. The van der Waals surface area contributed by atoms with E-state index in [9.17, 15) is 4.79 Å². The van der Waals surface area contributed by atoms with Gasteiger partial charge in [-0.15, -0.1) is 0 Å². The summed E-state index contributed by atoms with van der Waals surface area (Å²) < 4.78 is 0. The molecular weight excluding hydrogens is 212 g/mol. The summed E-state index contributed by atoms with van der Waals surface area (Å²) >= 11 is 0. The highest BCUT2D eigenvalue weighted by Crippen LogP contribution is 2.09. The van der Waals surface area contributed by atoms with Gasteiger partial charge >= 0.3 is 0 Å². The maximum atomic E-state index is 11.6. The van der Waals surface area contributed by atoms with Gasteiger partial charge in [0.25, 0.3) is 0 Å². The third-order valence-corrected chi connectivity index (χ3v) is 3.16. The zero-order valence-electron chi connectivity index (χ0n) is 11.8. The number of nitrogens with one attached hydrogen (secondary N) is 1. The molecule has 0 aromatic heterocycles. The molecule has 0 rings (SSSR count). The Morgan fingerprint density at radius 1 is 1.18 bits per heavy atom. The number of carbonyl (C=O) groups excluding carboxylic acids is 1. The van der Waals surface area contributed by atoms with Gasteiger partial charge in [0.15, 0.2) is 0 Å². The SMILES string of the molecule is CCC(CN)C(=O)NCCCCCCC(C)C. The molecule has 1 unspecified atom stereocenters. The Balaban J connectivity index is 3.36. The molecule has 1 amide bonds. The van der Waals surface area contributed by atoms with Crippen molar-refractivity contribution < 1.29 is 4.79 Å². The normalized spacial score (nSPS) is 12.8. The number of carbonyl (C=O) groups is 1. The van der Waals surface area contributed by atoms with Crippen LogP contribution in [0.4, 0.5) is 0 Å². The minimum absolute atomic E-state index is 0.00376. The van der Waals surface area contributed by atoms with E-state index in [1.54, 1.807) is 0 Å². The molecule has 3 heteroatoms. The monoisotopic (exact) mass is 242 g/mol. The lowest BCUT2D eigenvalue weighted by molar-refractivity contribution is -0.124. The van der Waals surface area contributed by atoms with E-state index in [1.807, 2.05) is 6.92 Å². The summed E-state index contributed by atoms with van der Waals surface area (Å²) in [7, 11) is 0. The molecular formula is C14H30N2O. The standard InChI is InChI=1S/C14H30N2O/c1-4-13(11-15)14(17)16-10-8-6-5-7-9-12(2)3/h12-13H,4-11,15H2,1-3H3,(H,16,17). The van der Waals surface area contributed by atoms with E-state index in [1.165, 1.54) is 25.7 Å². The van der Waals surface area contributed by atoms with Crippen molar-refractivity contribution in [3.63, 3.8) is 0 Å². The maximum Gasteiger partial charge on any atom is 0.224 e. The smallest absolute Gasteiger partial charge is 0.224 e. The molecule has 0 heterocycles. The van der Waals surface area contributed by atoms with Crippen LogP contribution in [0.5, 0.6) is 0 Å². The summed E-state index contributed by atoms with van der Waals surface area (Å²) in [6.07, 6.45) is 7.04. The fourth-order valence-electron chi connectivity index (χ4n) is 1.85. The topological polar surface area (TPSA) is 55.1 Å². The first-order chi connectivity index (χ1) is 8.11. The van der Waals surface area contributed by atoms with Gasteiger partial charge in [-0.2, -0.15) is 0 Å². The largest absolute Gasteiger partial charge is 0.356 e. The molecule has 0 spiro atoms. The van der Waals surface area contributed by atoms with E-state index in [4.69, 9.17) is 5.73 Å². The van der Waals surface area contributed by atoms with Gasteiger partial charge in [-0.3, -0.25) is 4.79 Å². The Kier molecular flexibility index (Phi) is 10.2. The Bertz CT molecular complexity index is 189. The van der Waals surface area contributed by atoms with Crippen LogP contribution in [0, 0.1) is 11.8 Å². The molecule has 0 fully saturated rings. The van der Waals surface area contributed by atoms with Gasteiger partial charge in [0.2, 0.25) is 5.91 Å². The maximum absolute atomic E-state index is 11.6. The molecule has 0 aromatic carbocycles. The fourth-order valence-corrected chi connectivity index (χ4v) is 1.85. The number of unbranched alkanes of at least 4 members (excludes halogenated alkanes) is 3. The Morgan fingerprint density at radius 2 is 1.82 bits per heavy atom. The van der Waals surface area contributed by atoms with Crippen molar-refractivity contribution in [1.29, 1.82) is 0 Å². The Labute approximate surface area is 107 Å². The van der Waals surface area contributed by atoms with Crippen molar-refractivity contribution in [2.24, 2.45) is 17.6 Å². The van der Waals surface area contributed by atoms with E-state index in [2.05, 4.69) is 19.2 Å². The quantitative estimate of drug-likeness (QED) is 0.579. The molecule has 3 N–H and O–H groups in total. The van der Waals surface area contributed by atoms with Crippen molar-refractivity contribution >= 4 is 5.91 Å². The molecule has 0 aliphatic carbocycles. The van der Waals surface area contributed by atoms with Crippen molar-refractivity contribution in [3.05, 3.63) is 0 Å². The van der Waals surface area contributed by atoms with Gasteiger partial charge in [0.05, 0.1) is 0 Å². The zero-order valence-corrected chi connectivity index (χ0v) is 11.8. The van der Waals surface area contributed by atoms with Crippen LogP contribution in [0.15, 0.2) is 0 Å². The third-order valence-electron chi connectivity index (χ3n) is 3.16. The van der Waals surface area contributed by atoms with Crippen LogP contribution < -0.4 is 11.1 Å². The van der Waals surface area contributed by atoms with Crippen LogP contribution in [0.1, 0.15) is 59.3 Å². The highest BCUT2D eigenvalue weighted by molar-refractivity contribution is 5.78. The number of nitrogens with two attached hydrogens (primary N) is 1. The van der Waals surface area contributed by atoms with Crippen LogP contribution in [-0.2, 0) is 4.79 Å². The molecule has 1 atom stereocenters. The Hall–Kier alpha value is -0.570. The lowest BCUT2D eigenvalue weighted by atomic mass is 10.0. The molecule has 0 aliphatic rings. The van der Waals surface area contributed by atoms with Gasteiger partial charge in [-0.05, 0) is 18.8 Å². The zero-order chi connectivity index (χ0) is 13.1. The van der Waals surface area contributed by atoms with Crippen LogP contribution in [0.3, 0.4) is 0 Å². The summed E-state index contributed by atoms with van der Waals surface area (Å²) in [5, 5.41) is 2.97. The molecule has 0 saturated heterocycles. The predicted molar refractivity (Wildman–Crippen MR) is 73.8 cm³/mol. The first-order valence-corrected chi connectivity index (χ1v) is 7.09. The van der Waals surface area contributed by atoms with Crippen LogP contribution in [-0.4, -0.2) is 19.0 Å². The lowest BCUT2D eigenvalue weighted by Crippen LogP contribution is -2.35. The number of rotatable bonds is 10. The minimum atomic E-state index is -0.00376. The van der Waals surface area contributed by atoms with Gasteiger partial charge in [0.1, 0.15) is 0 Å². The molecule has 102 valence electrons. The molecule has 3 nitrogen and oxygen atoms in total. The molecule has 0 radical (unpaired) electrons. The lowest BCUT2D eigenvalue weighted by Gasteiger charge is -2.12. The third kappa shape index (κ3) is 9.16. The van der Waals surface area contributed by atoms with E-state index in [0.717, 1.165) is 25.3 Å². The first-order valence-electron chi connectivity index (χ1n) is 7.09. The second-order valence-electron chi connectivity index (χ2n) is 5.23. The molecule has 0 bridgehead atoms. The van der Waals surface area contributed by atoms with Gasteiger partial charge in [-0.25, -0.2) is 0 Å². The summed E-state index contributed by atoms with van der Waals surface area (Å²) in [6.45, 7) is 7.78. The Morgan fingerprint density at radius 3 is 2.35 bits per heavy atom. The molecule has 0 aromatic rings. The van der Waals surface area contributed by atoms with Gasteiger partial charge in [0, 0.05) is 19.0 Å². The highest BCUT2D eigenvalue weighted by Gasteiger charge is 2.12.